The fourth-order valence-electron chi connectivity index (χ4n) is 8.55. The molecule has 0 radical (unpaired) electrons. The zero-order valence-electron chi connectivity index (χ0n) is 33.4. The van der Waals surface area contributed by atoms with Gasteiger partial charge in [-0.05, 0) is 114 Å². The summed E-state index contributed by atoms with van der Waals surface area (Å²) in [6, 6.07) is 7.52. The Kier molecular flexibility index (Phi) is 14.7. The molecule has 320 valence electrons. The van der Waals surface area contributed by atoms with Crippen LogP contribution in [0.4, 0.5) is 23.8 Å². The summed E-state index contributed by atoms with van der Waals surface area (Å²) in [4.78, 5) is 74.4. The van der Waals surface area contributed by atoms with E-state index in [9.17, 15) is 37.1 Å². The van der Waals surface area contributed by atoms with E-state index in [2.05, 4.69) is 39.3 Å². The fourth-order valence-corrected chi connectivity index (χ4v) is 9.53. The fraction of sp³-hybridized carbons (Fsp3) is 0.575. The molecule has 4 aliphatic rings. The molecule has 4 heterocycles. The third-order valence-electron chi connectivity index (χ3n) is 11.5. The third-order valence-corrected chi connectivity index (χ3v) is 12.5. The summed E-state index contributed by atoms with van der Waals surface area (Å²) in [7, 11) is 0. The number of nitriles is 1. The molecular formula is C40H50ClF3N8O6S. The number of alkyl halides is 3. The highest BCUT2D eigenvalue weighted by molar-refractivity contribution is 7.98. The van der Waals surface area contributed by atoms with E-state index in [0.29, 0.717) is 62.0 Å². The zero-order valence-corrected chi connectivity index (χ0v) is 35.1. The minimum atomic E-state index is -4.76. The van der Waals surface area contributed by atoms with Gasteiger partial charge in [-0.15, -0.1) is 12.4 Å². The Labute approximate surface area is 352 Å². The maximum atomic E-state index is 13.6. The molecule has 59 heavy (non-hydrogen) atoms. The molecule has 1 unspecified atom stereocenters. The van der Waals surface area contributed by atoms with E-state index < -0.39 is 40.7 Å². The van der Waals surface area contributed by atoms with Gasteiger partial charge in [0.25, 0.3) is 5.91 Å². The van der Waals surface area contributed by atoms with Crippen molar-refractivity contribution in [1.82, 2.24) is 29.3 Å². The standard InChI is InChI=1S/C40H49F3N8O6S.ClH/c1-24-21-48(22-25(2)49(24)23-35(53)46-33-18-26(14-15-45-33)31-12-13-34(52)47-36(31)54)16-5-17-57-29-9-7-28(8-10-29)50-38(56)51(37(55)39(50,3)4)58-30-11-6-27(20-44)32(19-30)40(41,42)43;/h6,11,14-15,18-19,24-25,28-29,31H,5,7-10,12-13,16-17,21-23H2,1-4H3,(H,45,46,53)(H,47,52,54);1H/t24-,25+,28?,29?,31?;. The van der Waals surface area contributed by atoms with E-state index in [1.54, 1.807) is 37.1 Å². The summed E-state index contributed by atoms with van der Waals surface area (Å²) in [6.45, 7) is 10.7. The molecule has 3 saturated heterocycles. The molecule has 6 amide bonds. The summed E-state index contributed by atoms with van der Waals surface area (Å²) in [5.41, 5.74) is -2.14. The van der Waals surface area contributed by atoms with Gasteiger partial charge >= 0.3 is 12.2 Å². The lowest BCUT2D eigenvalue weighted by molar-refractivity contribution is -0.138. The predicted octanol–water partition coefficient (Wildman–Crippen LogP) is 5.72. The number of halogens is 4. The molecule has 0 spiro atoms. The second-order valence-corrected chi connectivity index (χ2v) is 17.0. The molecule has 3 atom stereocenters. The van der Waals surface area contributed by atoms with Crippen LogP contribution in [0.25, 0.3) is 0 Å². The van der Waals surface area contributed by atoms with E-state index >= 15 is 0 Å². The van der Waals surface area contributed by atoms with Crippen molar-refractivity contribution >= 4 is 59.8 Å². The summed E-state index contributed by atoms with van der Waals surface area (Å²) in [6.07, 6.45) is 0.909. The molecule has 1 aliphatic carbocycles. The Morgan fingerprint density at radius 2 is 1.75 bits per heavy atom. The molecule has 3 aliphatic heterocycles. The van der Waals surface area contributed by atoms with Gasteiger partial charge in [0, 0.05) is 61.9 Å². The number of amides is 6. The summed E-state index contributed by atoms with van der Waals surface area (Å²) in [5.74, 6) is -1.45. The molecule has 1 saturated carbocycles. The first kappa shape index (κ1) is 45.8. The average molecular weight is 863 g/mol. The SMILES string of the molecule is C[C@@H]1CN(CCCOC2CCC(N3C(=O)N(Sc4ccc(C#N)c(C(F)(F)F)c4)C(=O)C3(C)C)CC2)C[C@H](C)N1CC(=O)Nc1cc(C2CCC(=O)NC2=O)ccn1.Cl. The van der Waals surface area contributed by atoms with Crippen molar-refractivity contribution in [1.29, 1.82) is 5.26 Å². The first-order chi connectivity index (χ1) is 27.5. The van der Waals surface area contributed by atoms with Crippen molar-refractivity contribution in [3.8, 4) is 6.07 Å². The number of urea groups is 1. The van der Waals surface area contributed by atoms with Crippen molar-refractivity contribution < 1.29 is 41.9 Å². The van der Waals surface area contributed by atoms with E-state index in [4.69, 9.17) is 10.00 Å². The number of imide groups is 2. The molecule has 1 aromatic carbocycles. The number of piperazine rings is 1. The van der Waals surface area contributed by atoms with E-state index in [0.717, 1.165) is 42.5 Å². The van der Waals surface area contributed by atoms with Crippen LogP contribution in [-0.2, 0) is 30.1 Å². The highest BCUT2D eigenvalue weighted by Gasteiger charge is 2.55. The van der Waals surface area contributed by atoms with E-state index in [1.165, 1.54) is 12.1 Å². The Morgan fingerprint density at radius 3 is 2.39 bits per heavy atom. The molecule has 19 heteroatoms. The monoisotopic (exact) mass is 862 g/mol. The molecule has 4 fully saturated rings. The van der Waals surface area contributed by atoms with Gasteiger partial charge in [-0.1, -0.05) is 0 Å². The second-order valence-electron chi connectivity index (χ2n) is 16.0. The van der Waals surface area contributed by atoms with Gasteiger partial charge in [-0.3, -0.25) is 29.4 Å². The van der Waals surface area contributed by atoms with Crippen LogP contribution < -0.4 is 10.6 Å². The highest BCUT2D eigenvalue weighted by atomic mass is 35.5. The summed E-state index contributed by atoms with van der Waals surface area (Å²) < 4.78 is 47.8. The molecule has 2 aromatic rings. The number of benzene rings is 1. The van der Waals surface area contributed by atoms with Gasteiger partial charge in [0.1, 0.15) is 11.4 Å². The van der Waals surface area contributed by atoms with Gasteiger partial charge in [0.05, 0.1) is 35.8 Å². The second kappa shape index (κ2) is 19.0. The number of hydrogen-bond acceptors (Lipinski definition) is 11. The number of nitrogens with zero attached hydrogens (tertiary/aromatic N) is 6. The molecule has 0 bridgehead atoms. The molecule has 14 nitrogen and oxygen atoms in total. The van der Waals surface area contributed by atoms with Gasteiger partial charge < -0.3 is 19.9 Å². The minimum Gasteiger partial charge on any atom is -0.378 e. The van der Waals surface area contributed by atoms with Crippen molar-refractivity contribution in [3.63, 3.8) is 0 Å². The number of rotatable bonds is 12. The van der Waals surface area contributed by atoms with Crippen LogP contribution in [0.5, 0.6) is 0 Å². The van der Waals surface area contributed by atoms with Crippen LogP contribution in [0, 0.1) is 11.3 Å². The highest BCUT2D eigenvalue weighted by Crippen LogP contribution is 2.42. The lowest BCUT2D eigenvalue weighted by Gasteiger charge is -2.44. The number of pyridine rings is 1. The maximum Gasteiger partial charge on any atom is 0.417 e. The summed E-state index contributed by atoms with van der Waals surface area (Å²) in [5, 5.41) is 14.4. The smallest absolute Gasteiger partial charge is 0.378 e. The van der Waals surface area contributed by atoms with E-state index in [-0.39, 0.29) is 72.2 Å². The van der Waals surface area contributed by atoms with Crippen LogP contribution >= 0.6 is 24.4 Å². The molecule has 6 rings (SSSR count). The minimum absolute atomic E-state index is 0. The van der Waals surface area contributed by atoms with Crippen LogP contribution in [0.1, 0.15) is 95.2 Å². The Balaban J connectivity index is 0.00000661. The third kappa shape index (κ3) is 10.5. The van der Waals surface area contributed by atoms with Crippen LogP contribution in [0.15, 0.2) is 41.4 Å². The van der Waals surface area contributed by atoms with Crippen LogP contribution in [0.2, 0.25) is 0 Å². The Hall–Kier alpha value is -4.28. The van der Waals surface area contributed by atoms with Gasteiger partial charge in [-0.25, -0.2) is 9.78 Å². The lowest BCUT2D eigenvalue weighted by Crippen LogP contribution is -2.58. The Bertz CT molecular complexity index is 1950. The summed E-state index contributed by atoms with van der Waals surface area (Å²) >= 11 is 0.634. The number of hydrogen-bond donors (Lipinski definition) is 2. The zero-order chi connectivity index (χ0) is 41.9. The maximum absolute atomic E-state index is 13.6. The number of piperidine rings is 1. The number of carbonyl (C=O) groups is 5. The van der Waals surface area contributed by atoms with Gasteiger partial charge in [0.15, 0.2) is 0 Å². The van der Waals surface area contributed by atoms with Crippen LogP contribution in [-0.4, -0.2) is 116 Å². The van der Waals surface area contributed by atoms with Crippen molar-refractivity contribution in [2.24, 2.45) is 0 Å². The number of aromatic nitrogens is 1. The predicted molar refractivity (Wildman–Crippen MR) is 214 cm³/mol. The van der Waals surface area contributed by atoms with Crippen molar-refractivity contribution in [2.75, 3.05) is 38.1 Å². The Morgan fingerprint density at radius 1 is 1.05 bits per heavy atom. The first-order valence-corrected chi connectivity index (χ1v) is 20.4. The number of nitrogens with one attached hydrogen (secondary N) is 2. The quantitative estimate of drug-likeness (QED) is 0.116. The van der Waals surface area contributed by atoms with Gasteiger partial charge in [0.2, 0.25) is 17.7 Å². The molecule has 1 aromatic heterocycles. The number of ether oxygens (including phenoxy) is 1. The van der Waals surface area contributed by atoms with E-state index in [1.807, 2.05) is 0 Å². The number of carbonyl (C=O) groups excluding carboxylic acids is 5. The van der Waals surface area contributed by atoms with Crippen molar-refractivity contribution in [2.45, 2.75) is 119 Å². The molecular weight excluding hydrogens is 813 g/mol. The van der Waals surface area contributed by atoms with Crippen molar-refractivity contribution in [3.05, 3.63) is 53.2 Å². The van der Waals surface area contributed by atoms with Gasteiger partial charge in [-0.2, -0.15) is 22.7 Å². The largest absolute Gasteiger partial charge is 0.417 e. The normalized spacial score (nSPS) is 25.4. The number of anilines is 1. The van der Waals surface area contributed by atoms with Crippen LogP contribution in [0.3, 0.4) is 0 Å². The first-order valence-electron chi connectivity index (χ1n) is 19.6. The lowest BCUT2D eigenvalue weighted by atomic mass is 9.89. The topological polar surface area (TPSA) is 168 Å². The molecule has 2 N–H and O–H groups in total. The average Bonchev–Trinajstić information content (AvgIpc) is 3.33.